The predicted octanol–water partition coefficient (Wildman–Crippen LogP) is 4.86. The molecule has 0 spiro atoms. The summed E-state index contributed by atoms with van der Waals surface area (Å²) in [6.07, 6.45) is 2.87. The van der Waals surface area contributed by atoms with Crippen molar-refractivity contribution in [3.63, 3.8) is 0 Å². The Labute approximate surface area is 201 Å². The Morgan fingerprint density at radius 2 is 1.74 bits per heavy atom. The Hall–Kier alpha value is -3.47. The third-order valence-electron chi connectivity index (χ3n) is 7.08. The molecule has 2 fully saturated rings. The van der Waals surface area contributed by atoms with E-state index in [9.17, 15) is 14.9 Å². The summed E-state index contributed by atoms with van der Waals surface area (Å²) in [5.41, 5.74) is 4.23. The molecule has 3 heterocycles. The number of hydrogen-bond acceptors (Lipinski definition) is 6. The summed E-state index contributed by atoms with van der Waals surface area (Å²) in [5.74, 6) is -1.38. The zero-order chi connectivity index (χ0) is 23.4. The van der Waals surface area contributed by atoms with Crippen LogP contribution in [0.1, 0.15) is 46.0 Å². The summed E-state index contributed by atoms with van der Waals surface area (Å²) in [7, 11) is 0. The topological polar surface area (TPSA) is 73.6 Å². The van der Waals surface area contributed by atoms with Crippen molar-refractivity contribution in [2.45, 2.75) is 44.8 Å². The molecule has 3 aliphatic rings. The van der Waals surface area contributed by atoms with Crippen molar-refractivity contribution in [2.75, 3.05) is 9.96 Å². The van der Waals surface area contributed by atoms with Gasteiger partial charge in [-0.3, -0.25) is 14.4 Å². The van der Waals surface area contributed by atoms with Gasteiger partial charge in [0.2, 0.25) is 5.91 Å². The van der Waals surface area contributed by atoms with Crippen molar-refractivity contribution < 1.29 is 14.4 Å². The van der Waals surface area contributed by atoms with Crippen molar-refractivity contribution in [1.82, 2.24) is 0 Å². The molecule has 6 nitrogen and oxygen atoms in total. The molecule has 7 heteroatoms. The number of hydrogen-bond donors (Lipinski definition) is 0. The summed E-state index contributed by atoms with van der Waals surface area (Å²) in [5, 5.41) is 12.1. The second-order valence-corrected chi connectivity index (χ2v) is 10.1. The van der Waals surface area contributed by atoms with Gasteiger partial charge in [0.15, 0.2) is 6.10 Å². The molecule has 2 amide bonds. The van der Waals surface area contributed by atoms with E-state index < -0.39 is 18.1 Å². The smallest absolute Gasteiger partial charge is 0.267 e. The maximum atomic E-state index is 13.9. The molecule has 3 atom stereocenters. The molecule has 2 aliphatic heterocycles. The second kappa shape index (κ2) is 8.08. The van der Waals surface area contributed by atoms with Crippen molar-refractivity contribution >= 4 is 33.8 Å². The van der Waals surface area contributed by atoms with Crippen molar-refractivity contribution in [2.24, 2.45) is 5.92 Å². The largest absolute Gasteiger partial charge is 0.273 e. The number of anilines is 2. The van der Waals surface area contributed by atoms with Gasteiger partial charge in [-0.1, -0.05) is 48.5 Å². The summed E-state index contributed by atoms with van der Waals surface area (Å²) in [6, 6.07) is 19.4. The first-order valence-electron chi connectivity index (χ1n) is 11.6. The van der Waals surface area contributed by atoms with Crippen LogP contribution in [0.15, 0.2) is 54.6 Å². The van der Waals surface area contributed by atoms with Gasteiger partial charge in [0.1, 0.15) is 17.0 Å². The molecule has 0 bridgehead atoms. The lowest BCUT2D eigenvalue weighted by Crippen LogP contribution is -2.37. The van der Waals surface area contributed by atoms with Crippen LogP contribution < -0.4 is 9.96 Å². The third-order valence-corrected chi connectivity index (χ3v) is 8.35. The van der Waals surface area contributed by atoms with Gasteiger partial charge in [0, 0.05) is 4.88 Å². The lowest BCUT2D eigenvalue weighted by Gasteiger charge is -2.29. The Morgan fingerprint density at radius 3 is 2.50 bits per heavy atom. The third kappa shape index (κ3) is 3.03. The number of aryl methyl sites for hydroxylation is 2. The van der Waals surface area contributed by atoms with Crippen LogP contribution in [0.2, 0.25) is 0 Å². The van der Waals surface area contributed by atoms with Crippen LogP contribution in [0.4, 0.5) is 10.7 Å². The maximum Gasteiger partial charge on any atom is 0.267 e. The van der Waals surface area contributed by atoms with E-state index in [1.165, 1.54) is 16.2 Å². The predicted molar refractivity (Wildman–Crippen MR) is 129 cm³/mol. The molecule has 1 aromatic heterocycles. The van der Waals surface area contributed by atoms with Gasteiger partial charge >= 0.3 is 0 Å². The first-order valence-corrected chi connectivity index (χ1v) is 12.4. The number of thiophene rings is 1. The summed E-state index contributed by atoms with van der Waals surface area (Å²) < 4.78 is 0. The Kier molecular flexibility index (Phi) is 5.01. The highest BCUT2D eigenvalue weighted by atomic mass is 32.1. The minimum Gasteiger partial charge on any atom is -0.273 e. The lowest BCUT2D eigenvalue weighted by molar-refractivity contribution is -0.126. The number of fused-ring (bicyclic) bond motifs is 2. The van der Waals surface area contributed by atoms with Crippen LogP contribution in [0.25, 0.3) is 0 Å². The number of para-hydroxylation sites is 1. The molecule has 2 aromatic carbocycles. The van der Waals surface area contributed by atoms with E-state index in [1.54, 1.807) is 5.06 Å². The van der Waals surface area contributed by atoms with Crippen LogP contribution in [-0.2, 0) is 27.3 Å². The van der Waals surface area contributed by atoms with Gasteiger partial charge in [0.05, 0.1) is 17.3 Å². The molecule has 0 saturated carbocycles. The molecular weight excluding hydrogens is 446 g/mol. The molecule has 3 aromatic rings. The molecule has 6 rings (SSSR count). The second-order valence-electron chi connectivity index (χ2n) is 9.03. The van der Waals surface area contributed by atoms with E-state index in [2.05, 4.69) is 6.07 Å². The van der Waals surface area contributed by atoms with E-state index in [-0.39, 0.29) is 11.8 Å². The van der Waals surface area contributed by atoms with Crippen LogP contribution in [0.3, 0.4) is 0 Å². The summed E-state index contributed by atoms with van der Waals surface area (Å²) >= 11 is 1.42. The highest BCUT2D eigenvalue weighted by molar-refractivity contribution is 7.17. The zero-order valence-electron chi connectivity index (χ0n) is 18.7. The highest BCUT2D eigenvalue weighted by Crippen LogP contribution is 2.50. The van der Waals surface area contributed by atoms with Gasteiger partial charge in [0.25, 0.3) is 5.91 Å². The SMILES string of the molecule is Cc1ccccc1N1OC2C(=O)N(c3sc4c(c3C#N)CCCC4)C(=O)C2C1c1ccccc1. The number of amides is 2. The lowest BCUT2D eigenvalue weighted by atomic mass is 9.90. The number of benzene rings is 2. The van der Waals surface area contributed by atoms with Gasteiger partial charge in [-0.2, -0.15) is 5.26 Å². The standard InChI is InChI=1S/C27H23N3O3S/c1-16-9-5-7-13-20(16)30-23(17-10-3-2-4-11-17)22-24(33-30)26(32)29(25(22)31)27-19(15-28)18-12-6-8-14-21(18)34-27/h2-5,7,9-11,13,22-24H,6,8,12,14H2,1H3. The zero-order valence-corrected chi connectivity index (χ0v) is 19.5. The maximum absolute atomic E-state index is 13.9. The van der Waals surface area contributed by atoms with Crippen LogP contribution in [0.5, 0.6) is 0 Å². The molecule has 2 saturated heterocycles. The van der Waals surface area contributed by atoms with Crippen molar-refractivity contribution in [1.29, 1.82) is 5.26 Å². The molecule has 1 aliphatic carbocycles. The highest BCUT2D eigenvalue weighted by Gasteiger charge is 2.61. The summed E-state index contributed by atoms with van der Waals surface area (Å²) in [4.78, 5) is 36.2. The number of hydroxylamine groups is 1. The number of nitriles is 1. The van der Waals surface area contributed by atoms with Crippen LogP contribution in [0, 0.1) is 24.2 Å². The minimum atomic E-state index is -0.928. The first kappa shape index (κ1) is 21.1. The molecule has 0 radical (unpaired) electrons. The molecule has 170 valence electrons. The molecule has 34 heavy (non-hydrogen) atoms. The van der Waals surface area contributed by atoms with Crippen LogP contribution in [-0.4, -0.2) is 17.9 Å². The average molecular weight is 470 g/mol. The Bertz CT molecular complexity index is 1340. The number of carbonyl (C=O) groups excluding carboxylic acids is 2. The van der Waals surface area contributed by atoms with Gasteiger partial charge in [-0.05, 0) is 55.4 Å². The van der Waals surface area contributed by atoms with E-state index in [0.29, 0.717) is 10.6 Å². The molecule has 0 N–H and O–H groups in total. The number of carbonyl (C=O) groups is 2. The normalized spacial score (nSPS) is 23.7. The van der Waals surface area contributed by atoms with E-state index in [1.807, 2.05) is 61.5 Å². The van der Waals surface area contributed by atoms with Crippen molar-refractivity contribution in [3.8, 4) is 6.07 Å². The van der Waals surface area contributed by atoms with E-state index in [4.69, 9.17) is 4.84 Å². The summed E-state index contributed by atoms with van der Waals surface area (Å²) in [6.45, 7) is 1.99. The number of rotatable bonds is 3. The minimum absolute atomic E-state index is 0.296. The van der Waals surface area contributed by atoms with Gasteiger partial charge in [-0.15, -0.1) is 11.3 Å². The average Bonchev–Trinajstić information content (AvgIpc) is 3.50. The van der Waals surface area contributed by atoms with Gasteiger partial charge in [-0.25, -0.2) is 9.96 Å². The fourth-order valence-electron chi connectivity index (χ4n) is 5.45. The fraction of sp³-hybridized carbons (Fsp3) is 0.296. The first-order chi connectivity index (χ1) is 16.6. The molecule has 3 unspecified atom stereocenters. The van der Waals surface area contributed by atoms with Crippen LogP contribution >= 0.6 is 11.3 Å². The molecular formula is C27H23N3O3S. The Morgan fingerprint density at radius 1 is 1.00 bits per heavy atom. The van der Waals surface area contributed by atoms with E-state index in [0.717, 1.165) is 52.9 Å². The fourth-order valence-corrected chi connectivity index (χ4v) is 6.80. The number of imide groups is 1. The van der Waals surface area contributed by atoms with Gasteiger partial charge < -0.3 is 0 Å². The van der Waals surface area contributed by atoms with Crippen molar-refractivity contribution in [3.05, 3.63) is 81.7 Å². The Balaban J connectivity index is 1.45. The quantitative estimate of drug-likeness (QED) is 0.512. The van der Waals surface area contributed by atoms with E-state index >= 15 is 0 Å². The monoisotopic (exact) mass is 469 g/mol. The number of nitrogens with zero attached hydrogens (tertiary/aromatic N) is 3.